The number of hydrogen-bond donors (Lipinski definition) is 1. The Morgan fingerprint density at radius 1 is 1.25 bits per heavy atom. The van der Waals surface area contributed by atoms with E-state index in [1.165, 1.54) is 12.1 Å². The largest absolute Gasteiger partial charge is 0.416 e. The molecule has 0 aromatic heterocycles. The van der Waals surface area contributed by atoms with Crippen molar-refractivity contribution >= 4 is 0 Å². The fourth-order valence-corrected chi connectivity index (χ4v) is 1.41. The third-order valence-corrected chi connectivity index (χ3v) is 2.22. The molecular weight excluding hydrogens is 215 g/mol. The van der Waals surface area contributed by atoms with Crippen LogP contribution in [0.15, 0.2) is 24.3 Å². The van der Waals surface area contributed by atoms with Gasteiger partial charge in [-0.1, -0.05) is 32.0 Å². The maximum atomic E-state index is 12.4. The minimum Gasteiger partial charge on any atom is -0.314 e. The first-order chi connectivity index (χ1) is 7.39. The van der Waals surface area contributed by atoms with Gasteiger partial charge in [0.1, 0.15) is 0 Å². The number of rotatable bonds is 4. The summed E-state index contributed by atoms with van der Waals surface area (Å²) in [5, 5.41) is 3.17. The van der Waals surface area contributed by atoms with Gasteiger partial charge in [0, 0.05) is 6.04 Å². The molecule has 0 fully saturated rings. The summed E-state index contributed by atoms with van der Waals surface area (Å²) in [4.78, 5) is 0. The third kappa shape index (κ3) is 4.23. The summed E-state index contributed by atoms with van der Waals surface area (Å²) in [6.45, 7) is 4.71. The van der Waals surface area contributed by atoms with Crippen molar-refractivity contribution in [3.05, 3.63) is 35.4 Å². The van der Waals surface area contributed by atoms with Gasteiger partial charge < -0.3 is 5.32 Å². The Hall–Kier alpha value is -1.03. The van der Waals surface area contributed by atoms with Crippen LogP contribution in [0.4, 0.5) is 13.2 Å². The molecule has 0 radical (unpaired) electrons. The highest BCUT2D eigenvalue weighted by Crippen LogP contribution is 2.29. The Morgan fingerprint density at radius 2 is 1.94 bits per heavy atom. The van der Waals surface area contributed by atoms with Crippen molar-refractivity contribution in [1.82, 2.24) is 5.32 Å². The zero-order valence-corrected chi connectivity index (χ0v) is 9.43. The van der Waals surface area contributed by atoms with Crippen LogP contribution in [0.1, 0.15) is 25.0 Å². The Balaban J connectivity index is 2.61. The van der Waals surface area contributed by atoms with Crippen molar-refractivity contribution in [1.29, 1.82) is 0 Å². The van der Waals surface area contributed by atoms with Crippen LogP contribution in [-0.4, -0.2) is 12.6 Å². The predicted molar refractivity (Wildman–Crippen MR) is 58.3 cm³/mol. The lowest BCUT2D eigenvalue weighted by Gasteiger charge is -2.10. The van der Waals surface area contributed by atoms with Gasteiger partial charge in [-0.2, -0.15) is 13.2 Å². The molecule has 1 nitrogen and oxygen atoms in total. The number of alkyl halides is 3. The molecule has 16 heavy (non-hydrogen) atoms. The van der Waals surface area contributed by atoms with Gasteiger partial charge in [-0.25, -0.2) is 0 Å². The normalized spacial score (nSPS) is 12.1. The number of nitrogens with one attached hydrogen (secondary N) is 1. The minimum atomic E-state index is -4.25. The van der Waals surface area contributed by atoms with Gasteiger partial charge in [0.25, 0.3) is 0 Å². The van der Waals surface area contributed by atoms with Gasteiger partial charge in [-0.15, -0.1) is 0 Å². The van der Waals surface area contributed by atoms with Crippen LogP contribution in [0.25, 0.3) is 0 Å². The predicted octanol–water partition coefficient (Wildman–Crippen LogP) is 3.25. The molecule has 0 saturated heterocycles. The molecular formula is C12H16F3N. The number of benzene rings is 1. The molecule has 1 aromatic rings. The summed E-state index contributed by atoms with van der Waals surface area (Å²) < 4.78 is 37.2. The molecule has 0 amide bonds. The maximum Gasteiger partial charge on any atom is 0.416 e. The molecule has 0 aliphatic rings. The summed E-state index contributed by atoms with van der Waals surface area (Å²) in [6, 6.07) is 5.83. The van der Waals surface area contributed by atoms with Crippen LogP contribution in [0, 0.1) is 0 Å². The first-order valence-electron chi connectivity index (χ1n) is 5.29. The lowest BCUT2D eigenvalue weighted by atomic mass is 10.1. The van der Waals surface area contributed by atoms with E-state index >= 15 is 0 Å². The lowest BCUT2D eigenvalue weighted by molar-refractivity contribution is -0.137. The molecule has 0 aliphatic heterocycles. The molecule has 0 bridgehead atoms. The quantitative estimate of drug-likeness (QED) is 0.838. The molecule has 90 valence electrons. The van der Waals surface area contributed by atoms with Gasteiger partial charge >= 0.3 is 6.18 Å². The Kier molecular flexibility index (Phi) is 4.35. The highest BCUT2D eigenvalue weighted by atomic mass is 19.4. The zero-order valence-electron chi connectivity index (χ0n) is 9.43. The molecule has 0 spiro atoms. The second-order valence-electron chi connectivity index (χ2n) is 4.06. The van der Waals surface area contributed by atoms with Crippen LogP contribution >= 0.6 is 0 Å². The monoisotopic (exact) mass is 231 g/mol. The number of halogens is 3. The molecule has 1 N–H and O–H groups in total. The van der Waals surface area contributed by atoms with E-state index in [4.69, 9.17) is 0 Å². The summed E-state index contributed by atoms with van der Waals surface area (Å²) in [6.07, 6.45) is -3.64. The van der Waals surface area contributed by atoms with E-state index in [9.17, 15) is 13.2 Å². The van der Waals surface area contributed by atoms with Gasteiger partial charge in [0.2, 0.25) is 0 Å². The van der Waals surface area contributed by atoms with Crippen LogP contribution in [-0.2, 0) is 12.6 Å². The molecule has 1 aromatic carbocycles. The first-order valence-corrected chi connectivity index (χ1v) is 5.29. The van der Waals surface area contributed by atoms with E-state index in [1.807, 2.05) is 13.8 Å². The fraction of sp³-hybridized carbons (Fsp3) is 0.500. The zero-order chi connectivity index (χ0) is 12.2. The molecule has 0 heterocycles. The van der Waals surface area contributed by atoms with E-state index < -0.39 is 11.7 Å². The van der Waals surface area contributed by atoms with Gasteiger partial charge in [0.05, 0.1) is 5.56 Å². The standard InChI is InChI=1S/C12H16F3N/c1-9(2)16-7-6-10-4-3-5-11(8-10)12(13,14)15/h3-5,8-9,16H,6-7H2,1-2H3. The molecule has 1 rings (SSSR count). The Bertz CT molecular complexity index is 331. The van der Waals surface area contributed by atoms with Crippen molar-refractivity contribution in [2.45, 2.75) is 32.5 Å². The van der Waals surface area contributed by atoms with Crippen LogP contribution in [0.5, 0.6) is 0 Å². The van der Waals surface area contributed by atoms with Gasteiger partial charge in [0.15, 0.2) is 0 Å². The van der Waals surface area contributed by atoms with E-state index in [-0.39, 0.29) is 0 Å². The topological polar surface area (TPSA) is 12.0 Å². The van der Waals surface area contributed by atoms with E-state index in [0.29, 0.717) is 24.6 Å². The van der Waals surface area contributed by atoms with Crippen LogP contribution < -0.4 is 5.32 Å². The van der Waals surface area contributed by atoms with E-state index in [2.05, 4.69) is 5.32 Å². The summed E-state index contributed by atoms with van der Waals surface area (Å²) >= 11 is 0. The van der Waals surface area contributed by atoms with Gasteiger partial charge in [-0.05, 0) is 24.6 Å². The summed E-state index contributed by atoms with van der Waals surface area (Å²) in [5.41, 5.74) is 0.137. The fourth-order valence-electron chi connectivity index (χ4n) is 1.41. The summed E-state index contributed by atoms with van der Waals surface area (Å²) in [5.74, 6) is 0. The minimum absolute atomic E-state index is 0.353. The third-order valence-electron chi connectivity index (χ3n) is 2.22. The molecule has 4 heteroatoms. The first kappa shape index (κ1) is 13.0. The van der Waals surface area contributed by atoms with Crippen molar-refractivity contribution < 1.29 is 13.2 Å². The van der Waals surface area contributed by atoms with Crippen molar-refractivity contribution in [3.63, 3.8) is 0 Å². The summed E-state index contributed by atoms with van der Waals surface area (Å²) in [7, 11) is 0. The van der Waals surface area contributed by atoms with E-state index in [0.717, 1.165) is 6.07 Å². The highest BCUT2D eigenvalue weighted by Gasteiger charge is 2.30. The van der Waals surface area contributed by atoms with Gasteiger partial charge in [-0.3, -0.25) is 0 Å². The Labute approximate surface area is 93.7 Å². The molecule has 0 unspecified atom stereocenters. The Morgan fingerprint density at radius 3 is 2.50 bits per heavy atom. The average molecular weight is 231 g/mol. The van der Waals surface area contributed by atoms with Crippen molar-refractivity contribution in [2.24, 2.45) is 0 Å². The lowest BCUT2D eigenvalue weighted by Crippen LogP contribution is -2.25. The smallest absolute Gasteiger partial charge is 0.314 e. The van der Waals surface area contributed by atoms with E-state index in [1.54, 1.807) is 6.07 Å². The van der Waals surface area contributed by atoms with Crippen LogP contribution in [0.2, 0.25) is 0 Å². The van der Waals surface area contributed by atoms with Crippen molar-refractivity contribution in [3.8, 4) is 0 Å². The highest BCUT2D eigenvalue weighted by molar-refractivity contribution is 5.25. The second-order valence-corrected chi connectivity index (χ2v) is 4.06. The average Bonchev–Trinajstić information content (AvgIpc) is 2.16. The van der Waals surface area contributed by atoms with Crippen LogP contribution in [0.3, 0.4) is 0 Å². The second kappa shape index (κ2) is 5.34. The number of hydrogen-bond acceptors (Lipinski definition) is 1. The SMILES string of the molecule is CC(C)NCCc1cccc(C(F)(F)F)c1. The molecule has 0 aliphatic carbocycles. The molecule has 0 saturated carbocycles. The van der Waals surface area contributed by atoms with Crippen molar-refractivity contribution in [2.75, 3.05) is 6.54 Å². The molecule has 0 atom stereocenters. The maximum absolute atomic E-state index is 12.4.